The summed E-state index contributed by atoms with van der Waals surface area (Å²) in [5.74, 6) is -0.256. The number of rotatable bonds is 6. The molecule has 1 amide bonds. The maximum atomic E-state index is 12.0. The molecule has 8 heteroatoms. The Morgan fingerprint density at radius 1 is 1.36 bits per heavy atom. The molecule has 0 atom stereocenters. The van der Waals surface area contributed by atoms with Gasteiger partial charge in [0.2, 0.25) is 0 Å². The third kappa shape index (κ3) is 4.36. The summed E-state index contributed by atoms with van der Waals surface area (Å²) in [5.41, 5.74) is 0.341. The van der Waals surface area contributed by atoms with Gasteiger partial charge in [-0.05, 0) is 25.6 Å². The molecule has 0 saturated heterocycles. The number of hydrogen-bond donors (Lipinski definition) is 2. The summed E-state index contributed by atoms with van der Waals surface area (Å²) < 4.78 is 25.3. The molecule has 0 aromatic carbocycles. The molecule has 1 aromatic rings. The van der Waals surface area contributed by atoms with E-state index in [2.05, 4.69) is 32.1 Å². The maximum absolute atomic E-state index is 12.0. The minimum atomic E-state index is -3.58. The van der Waals surface area contributed by atoms with Gasteiger partial charge in [0.25, 0.3) is 15.9 Å². The summed E-state index contributed by atoms with van der Waals surface area (Å²) in [6.07, 6.45) is 6.58. The fourth-order valence-electron chi connectivity index (χ4n) is 2.10. The van der Waals surface area contributed by atoms with Crippen molar-refractivity contribution in [3.8, 4) is 0 Å². The van der Waals surface area contributed by atoms with Crippen LogP contribution in [-0.4, -0.2) is 57.4 Å². The number of nitrogens with zero attached hydrogens (tertiary/aromatic N) is 2. The first-order valence-electron chi connectivity index (χ1n) is 7.08. The van der Waals surface area contributed by atoms with Crippen molar-refractivity contribution >= 4 is 15.9 Å². The Labute approximate surface area is 130 Å². The number of nitrogens with one attached hydrogen (secondary N) is 2. The lowest BCUT2D eigenvalue weighted by atomic mass is 10.2. The van der Waals surface area contributed by atoms with Crippen molar-refractivity contribution in [3.05, 3.63) is 36.0 Å². The van der Waals surface area contributed by atoms with Crippen LogP contribution in [0.15, 0.2) is 35.5 Å². The number of pyridine rings is 1. The topological polar surface area (TPSA) is 91.4 Å². The highest BCUT2D eigenvalue weighted by Crippen LogP contribution is 2.06. The SMILES string of the molecule is CNS(=O)(=O)c1ccc(C(=O)NCCN2CC=CCC2)cn1. The largest absolute Gasteiger partial charge is 0.351 e. The van der Waals surface area contributed by atoms with Crippen LogP contribution in [-0.2, 0) is 10.0 Å². The first kappa shape index (κ1) is 16.6. The van der Waals surface area contributed by atoms with E-state index >= 15 is 0 Å². The molecule has 1 aliphatic rings. The van der Waals surface area contributed by atoms with Crippen molar-refractivity contribution in [1.29, 1.82) is 0 Å². The van der Waals surface area contributed by atoms with Gasteiger partial charge in [0, 0.05) is 32.4 Å². The fraction of sp³-hybridized carbons (Fsp3) is 0.429. The van der Waals surface area contributed by atoms with Gasteiger partial charge in [-0.2, -0.15) is 0 Å². The van der Waals surface area contributed by atoms with E-state index in [4.69, 9.17) is 0 Å². The molecule has 2 N–H and O–H groups in total. The van der Waals surface area contributed by atoms with E-state index in [1.807, 2.05) is 0 Å². The molecule has 2 heterocycles. The number of carbonyl (C=O) groups is 1. The highest BCUT2D eigenvalue weighted by molar-refractivity contribution is 7.89. The van der Waals surface area contributed by atoms with Crippen LogP contribution in [0.4, 0.5) is 0 Å². The number of carbonyl (C=O) groups excluding carboxylic acids is 1. The molecule has 0 unspecified atom stereocenters. The zero-order chi connectivity index (χ0) is 16.0. The average molecular weight is 324 g/mol. The Balaban J connectivity index is 1.86. The summed E-state index contributed by atoms with van der Waals surface area (Å²) in [7, 11) is -2.27. The molecular formula is C14H20N4O3S. The van der Waals surface area contributed by atoms with Crippen molar-refractivity contribution in [1.82, 2.24) is 19.9 Å². The molecule has 120 valence electrons. The molecular weight excluding hydrogens is 304 g/mol. The molecule has 2 rings (SSSR count). The molecule has 0 aliphatic carbocycles. The van der Waals surface area contributed by atoms with Gasteiger partial charge >= 0.3 is 0 Å². The second-order valence-electron chi connectivity index (χ2n) is 4.91. The van der Waals surface area contributed by atoms with Crippen LogP contribution in [0.1, 0.15) is 16.8 Å². The predicted molar refractivity (Wildman–Crippen MR) is 83.0 cm³/mol. The zero-order valence-electron chi connectivity index (χ0n) is 12.4. The lowest BCUT2D eigenvalue weighted by molar-refractivity contribution is 0.0948. The van der Waals surface area contributed by atoms with Gasteiger partial charge < -0.3 is 5.32 Å². The van der Waals surface area contributed by atoms with Crippen molar-refractivity contribution in [3.63, 3.8) is 0 Å². The standard InChI is InChI=1S/C14H20N4O3S/c1-15-22(20,21)13-6-5-12(11-17-13)14(19)16-7-10-18-8-3-2-4-9-18/h2-3,5-6,11,15H,4,7-10H2,1H3,(H,16,19). The second-order valence-corrected chi connectivity index (χ2v) is 6.74. The van der Waals surface area contributed by atoms with E-state index in [0.717, 1.165) is 26.1 Å². The molecule has 0 radical (unpaired) electrons. The van der Waals surface area contributed by atoms with Crippen LogP contribution in [0.2, 0.25) is 0 Å². The Morgan fingerprint density at radius 2 is 2.18 bits per heavy atom. The number of sulfonamides is 1. The molecule has 1 aliphatic heterocycles. The van der Waals surface area contributed by atoms with E-state index in [1.54, 1.807) is 0 Å². The van der Waals surface area contributed by atoms with Gasteiger partial charge in [-0.25, -0.2) is 18.1 Å². The molecule has 1 aromatic heterocycles. The summed E-state index contributed by atoms with van der Waals surface area (Å²) in [6.45, 7) is 3.25. The minimum absolute atomic E-state index is 0.105. The van der Waals surface area contributed by atoms with Crippen LogP contribution < -0.4 is 10.0 Å². The first-order valence-corrected chi connectivity index (χ1v) is 8.56. The Hall–Kier alpha value is -1.77. The first-order chi connectivity index (χ1) is 10.5. The van der Waals surface area contributed by atoms with Crippen LogP contribution >= 0.6 is 0 Å². The summed E-state index contributed by atoms with van der Waals surface area (Å²) in [6, 6.07) is 2.77. The number of hydrogen-bond acceptors (Lipinski definition) is 5. The average Bonchev–Trinajstić information content (AvgIpc) is 2.56. The van der Waals surface area contributed by atoms with Crippen LogP contribution in [0, 0.1) is 0 Å². The smallest absolute Gasteiger partial charge is 0.257 e. The molecule has 0 spiro atoms. The fourth-order valence-corrected chi connectivity index (χ4v) is 2.75. The van der Waals surface area contributed by atoms with Gasteiger partial charge in [-0.1, -0.05) is 12.2 Å². The minimum Gasteiger partial charge on any atom is -0.351 e. The highest BCUT2D eigenvalue weighted by Gasteiger charge is 2.14. The predicted octanol–water partition coefficient (Wildman–Crippen LogP) is -0.0186. The third-order valence-corrected chi connectivity index (χ3v) is 4.73. The van der Waals surface area contributed by atoms with Crippen LogP contribution in [0.3, 0.4) is 0 Å². The molecule has 0 fully saturated rings. The lowest BCUT2D eigenvalue weighted by Gasteiger charge is -2.22. The third-order valence-electron chi connectivity index (χ3n) is 3.40. The van der Waals surface area contributed by atoms with Crippen molar-refractivity contribution < 1.29 is 13.2 Å². The quantitative estimate of drug-likeness (QED) is 0.718. The van der Waals surface area contributed by atoms with Gasteiger partial charge in [0.15, 0.2) is 5.03 Å². The van der Waals surface area contributed by atoms with E-state index in [1.165, 1.54) is 25.4 Å². The Kier molecular flexibility index (Phi) is 5.64. The molecule has 0 saturated carbocycles. The van der Waals surface area contributed by atoms with Crippen molar-refractivity contribution in [2.24, 2.45) is 0 Å². The van der Waals surface area contributed by atoms with E-state index < -0.39 is 10.0 Å². The molecule has 22 heavy (non-hydrogen) atoms. The summed E-state index contributed by atoms with van der Waals surface area (Å²) in [4.78, 5) is 18.0. The van der Waals surface area contributed by atoms with E-state index in [9.17, 15) is 13.2 Å². The number of aromatic nitrogens is 1. The lowest BCUT2D eigenvalue weighted by Crippen LogP contribution is -2.36. The van der Waals surface area contributed by atoms with Crippen molar-refractivity contribution in [2.45, 2.75) is 11.4 Å². The van der Waals surface area contributed by atoms with Crippen LogP contribution in [0.25, 0.3) is 0 Å². The zero-order valence-corrected chi connectivity index (χ0v) is 13.3. The van der Waals surface area contributed by atoms with E-state index in [0.29, 0.717) is 12.1 Å². The summed E-state index contributed by atoms with van der Waals surface area (Å²) >= 11 is 0. The Bertz CT molecular complexity index is 641. The number of amides is 1. The van der Waals surface area contributed by atoms with Crippen molar-refractivity contribution in [2.75, 3.05) is 33.2 Å². The Morgan fingerprint density at radius 3 is 2.77 bits per heavy atom. The summed E-state index contributed by atoms with van der Waals surface area (Å²) in [5, 5.41) is 2.70. The normalized spacial score (nSPS) is 15.7. The monoisotopic (exact) mass is 324 g/mol. The van der Waals surface area contributed by atoms with Gasteiger partial charge in [0.1, 0.15) is 0 Å². The van der Waals surface area contributed by atoms with E-state index in [-0.39, 0.29) is 10.9 Å². The van der Waals surface area contributed by atoms with Gasteiger partial charge in [-0.3, -0.25) is 9.69 Å². The highest BCUT2D eigenvalue weighted by atomic mass is 32.2. The van der Waals surface area contributed by atoms with Gasteiger partial charge in [0.05, 0.1) is 5.56 Å². The van der Waals surface area contributed by atoms with Crippen LogP contribution in [0.5, 0.6) is 0 Å². The molecule has 7 nitrogen and oxygen atoms in total. The van der Waals surface area contributed by atoms with Gasteiger partial charge in [-0.15, -0.1) is 0 Å². The molecule has 0 bridgehead atoms. The maximum Gasteiger partial charge on any atom is 0.257 e. The second kappa shape index (κ2) is 7.48.